The first-order valence-corrected chi connectivity index (χ1v) is 7.41. The summed E-state index contributed by atoms with van der Waals surface area (Å²) < 4.78 is 0. The van der Waals surface area contributed by atoms with Gasteiger partial charge in [0.2, 0.25) is 0 Å². The molecule has 3 heterocycles. The molecular formula is C15H23N5. The molecule has 2 saturated heterocycles. The van der Waals surface area contributed by atoms with Crippen LogP contribution in [-0.2, 0) is 6.54 Å². The normalized spacial score (nSPS) is 27.4. The monoisotopic (exact) mass is 273 g/mol. The van der Waals surface area contributed by atoms with Gasteiger partial charge >= 0.3 is 0 Å². The van der Waals surface area contributed by atoms with E-state index in [2.05, 4.69) is 21.7 Å². The van der Waals surface area contributed by atoms with Crippen LogP contribution in [0.4, 0.5) is 0 Å². The molecule has 2 atom stereocenters. The van der Waals surface area contributed by atoms with Crippen LogP contribution < -0.4 is 5.73 Å². The second-order valence-corrected chi connectivity index (χ2v) is 5.99. The molecule has 1 aromatic rings. The van der Waals surface area contributed by atoms with Crippen LogP contribution in [0.2, 0.25) is 0 Å². The first kappa shape index (κ1) is 13.5. The Morgan fingerprint density at radius 2 is 2.35 bits per heavy atom. The number of nitrogens with zero attached hydrogens (tertiary/aromatic N) is 3. The van der Waals surface area contributed by atoms with Gasteiger partial charge in [0.15, 0.2) is 0 Å². The number of amidine groups is 1. The molecule has 5 nitrogen and oxygen atoms in total. The largest absolute Gasteiger partial charge is 0.382 e. The Labute approximate surface area is 120 Å². The highest BCUT2D eigenvalue weighted by Gasteiger charge is 2.34. The quantitative estimate of drug-likeness (QED) is 0.637. The fourth-order valence-corrected chi connectivity index (χ4v) is 3.50. The summed E-state index contributed by atoms with van der Waals surface area (Å²) in [5, 5.41) is 7.65. The van der Waals surface area contributed by atoms with Crippen molar-refractivity contribution in [2.45, 2.75) is 38.4 Å². The third-order valence-corrected chi connectivity index (χ3v) is 4.59. The minimum Gasteiger partial charge on any atom is -0.382 e. The van der Waals surface area contributed by atoms with Crippen LogP contribution in [-0.4, -0.2) is 52.3 Å². The van der Waals surface area contributed by atoms with Crippen molar-refractivity contribution in [2.75, 3.05) is 19.6 Å². The second kappa shape index (κ2) is 5.50. The molecular weight excluding hydrogens is 250 g/mol. The standard InChI is InChI=1S/C15H23N5/c1-11-8-19-7-3-5-13(19)10-20(11)9-12-4-2-6-18-14(12)15(16)17/h2,4,6,11,13H,3,5,7-10H2,1H3,(H3,16,17). The lowest BCUT2D eigenvalue weighted by Crippen LogP contribution is -2.54. The zero-order valence-electron chi connectivity index (χ0n) is 12.0. The van der Waals surface area contributed by atoms with Crippen molar-refractivity contribution in [3.05, 3.63) is 29.6 Å². The summed E-state index contributed by atoms with van der Waals surface area (Å²) in [5.41, 5.74) is 7.33. The third-order valence-electron chi connectivity index (χ3n) is 4.59. The van der Waals surface area contributed by atoms with E-state index < -0.39 is 0 Å². The van der Waals surface area contributed by atoms with Gasteiger partial charge in [0, 0.05) is 37.9 Å². The molecule has 3 N–H and O–H groups in total. The van der Waals surface area contributed by atoms with E-state index in [4.69, 9.17) is 11.1 Å². The van der Waals surface area contributed by atoms with Gasteiger partial charge in [-0.1, -0.05) is 6.07 Å². The van der Waals surface area contributed by atoms with Crippen LogP contribution in [0.25, 0.3) is 0 Å². The van der Waals surface area contributed by atoms with Crippen molar-refractivity contribution in [1.82, 2.24) is 14.8 Å². The molecule has 108 valence electrons. The van der Waals surface area contributed by atoms with Crippen molar-refractivity contribution in [2.24, 2.45) is 5.73 Å². The Hall–Kier alpha value is -1.46. The van der Waals surface area contributed by atoms with Gasteiger partial charge in [-0.3, -0.25) is 20.2 Å². The number of piperazine rings is 1. The average Bonchev–Trinajstić information content (AvgIpc) is 2.86. The Morgan fingerprint density at radius 1 is 1.50 bits per heavy atom. The minimum absolute atomic E-state index is 0.0627. The molecule has 0 amide bonds. The molecule has 2 unspecified atom stereocenters. The van der Waals surface area contributed by atoms with Gasteiger partial charge in [0.1, 0.15) is 11.5 Å². The fraction of sp³-hybridized carbons (Fsp3) is 0.600. The summed E-state index contributed by atoms with van der Waals surface area (Å²) >= 11 is 0. The smallest absolute Gasteiger partial charge is 0.142 e. The number of hydrogen-bond acceptors (Lipinski definition) is 4. The molecule has 2 aliphatic heterocycles. The number of rotatable bonds is 3. The van der Waals surface area contributed by atoms with E-state index in [-0.39, 0.29) is 5.84 Å². The molecule has 0 aliphatic carbocycles. The average molecular weight is 273 g/mol. The molecule has 0 saturated carbocycles. The Bertz CT molecular complexity index is 501. The number of hydrogen-bond donors (Lipinski definition) is 2. The molecule has 20 heavy (non-hydrogen) atoms. The summed E-state index contributed by atoms with van der Waals surface area (Å²) in [6.07, 6.45) is 4.35. The Kier molecular flexibility index (Phi) is 3.72. The highest BCUT2D eigenvalue weighted by atomic mass is 15.3. The first-order valence-electron chi connectivity index (χ1n) is 7.41. The number of nitrogen functional groups attached to an aromatic ring is 1. The molecule has 0 aromatic carbocycles. The van der Waals surface area contributed by atoms with Gasteiger partial charge in [-0.2, -0.15) is 0 Å². The summed E-state index contributed by atoms with van der Waals surface area (Å²) in [5.74, 6) is 0.0627. The van der Waals surface area contributed by atoms with E-state index in [0.29, 0.717) is 17.8 Å². The Morgan fingerprint density at radius 3 is 3.15 bits per heavy atom. The van der Waals surface area contributed by atoms with Gasteiger partial charge in [0.25, 0.3) is 0 Å². The summed E-state index contributed by atoms with van der Waals surface area (Å²) in [4.78, 5) is 9.38. The van der Waals surface area contributed by atoms with Gasteiger partial charge < -0.3 is 5.73 Å². The zero-order chi connectivity index (χ0) is 14.1. The summed E-state index contributed by atoms with van der Waals surface area (Å²) in [6, 6.07) is 5.23. The molecule has 0 spiro atoms. The molecule has 0 radical (unpaired) electrons. The van der Waals surface area contributed by atoms with Gasteiger partial charge in [-0.05, 0) is 37.9 Å². The number of nitrogens with one attached hydrogen (secondary N) is 1. The van der Waals surface area contributed by atoms with Crippen LogP contribution in [0.5, 0.6) is 0 Å². The van der Waals surface area contributed by atoms with Gasteiger partial charge in [-0.25, -0.2) is 0 Å². The van der Waals surface area contributed by atoms with E-state index in [1.807, 2.05) is 12.1 Å². The number of nitrogens with two attached hydrogens (primary N) is 1. The van der Waals surface area contributed by atoms with E-state index in [9.17, 15) is 0 Å². The first-order chi connectivity index (χ1) is 9.65. The second-order valence-electron chi connectivity index (χ2n) is 5.99. The highest BCUT2D eigenvalue weighted by Crippen LogP contribution is 2.25. The maximum Gasteiger partial charge on any atom is 0.142 e. The predicted octanol–water partition coefficient (Wildman–Crippen LogP) is 1.03. The number of aromatic nitrogens is 1. The van der Waals surface area contributed by atoms with Crippen LogP contribution in [0.1, 0.15) is 31.0 Å². The van der Waals surface area contributed by atoms with Gasteiger partial charge in [0.05, 0.1) is 0 Å². The zero-order valence-corrected chi connectivity index (χ0v) is 12.0. The van der Waals surface area contributed by atoms with Crippen LogP contribution in [0.3, 0.4) is 0 Å². The lowest BCUT2D eigenvalue weighted by molar-refractivity contribution is 0.0539. The van der Waals surface area contributed by atoms with E-state index >= 15 is 0 Å². The fourth-order valence-electron chi connectivity index (χ4n) is 3.50. The van der Waals surface area contributed by atoms with Crippen molar-refractivity contribution in [1.29, 1.82) is 5.41 Å². The van der Waals surface area contributed by atoms with E-state index in [1.165, 1.54) is 19.4 Å². The minimum atomic E-state index is 0.0627. The number of pyridine rings is 1. The topological polar surface area (TPSA) is 69.2 Å². The third kappa shape index (κ3) is 2.55. The van der Waals surface area contributed by atoms with Crippen LogP contribution >= 0.6 is 0 Å². The van der Waals surface area contributed by atoms with Crippen molar-refractivity contribution < 1.29 is 0 Å². The van der Waals surface area contributed by atoms with E-state index in [0.717, 1.165) is 25.2 Å². The Balaban J connectivity index is 1.75. The summed E-state index contributed by atoms with van der Waals surface area (Å²) in [6.45, 7) is 6.66. The molecule has 5 heteroatoms. The molecule has 2 aliphatic rings. The van der Waals surface area contributed by atoms with Crippen LogP contribution in [0, 0.1) is 5.41 Å². The molecule has 2 fully saturated rings. The van der Waals surface area contributed by atoms with E-state index in [1.54, 1.807) is 6.20 Å². The molecule has 3 rings (SSSR count). The maximum absolute atomic E-state index is 7.65. The summed E-state index contributed by atoms with van der Waals surface area (Å²) in [7, 11) is 0. The van der Waals surface area contributed by atoms with Crippen molar-refractivity contribution >= 4 is 5.84 Å². The lowest BCUT2D eigenvalue weighted by Gasteiger charge is -2.42. The van der Waals surface area contributed by atoms with Gasteiger partial charge in [-0.15, -0.1) is 0 Å². The predicted molar refractivity (Wildman–Crippen MR) is 79.7 cm³/mol. The SMILES string of the molecule is CC1CN2CCCC2CN1Cc1cccnc1C(=N)N. The molecule has 0 bridgehead atoms. The van der Waals surface area contributed by atoms with Crippen molar-refractivity contribution in [3.63, 3.8) is 0 Å². The molecule has 1 aromatic heterocycles. The highest BCUT2D eigenvalue weighted by molar-refractivity contribution is 5.94. The maximum atomic E-state index is 7.65. The lowest BCUT2D eigenvalue weighted by atomic mass is 10.1. The van der Waals surface area contributed by atoms with Crippen molar-refractivity contribution in [3.8, 4) is 0 Å². The van der Waals surface area contributed by atoms with Crippen LogP contribution in [0.15, 0.2) is 18.3 Å². The number of fused-ring (bicyclic) bond motifs is 1.